The molecule has 2 aromatic rings. The molecule has 0 saturated carbocycles. The highest BCUT2D eigenvalue weighted by molar-refractivity contribution is 9.10. The fraction of sp³-hybridized carbons (Fsp3) is 0.0714. The van der Waals surface area contributed by atoms with Gasteiger partial charge in [-0.25, -0.2) is 0 Å². The van der Waals surface area contributed by atoms with Crippen molar-refractivity contribution in [1.82, 2.24) is 0 Å². The first-order valence-corrected chi connectivity index (χ1v) is 6.51. The number of methoxy groups -OCH3 is 1. The van der Waals surface area contributed by atoms with E-state index in [1.165, 1.54) is 13.2 Å². The minimum Gasteiger partial charge on any atom is -0.493 e. The van der Waals surface area contributed by atoms with Gasteiger partial charge in [0.15, 0.2) is 17.2 Å². The third kappa shape index (κ3) is 3.03. The Morgan fingerprint density at radius 2 is 1.80 bits per heavy atom. The van der Waals surface area contributed by atoms with Gasteiger partial charge in [-0.1, -0.05) is 15.9 Å². The molecular weight excluding hydrogens is 324 g/mol. The molecule has 0 radical (unpaired) electrons. The third-order valence-corrected chi connectivity index (χ3v) is 3.13. The topological polar surface area (TPSA) is 87.6 Å². The largest absolute Gasteiger partial charge is 0.493 e. The summed E-state index contributed by atoms with van der Waals surface area (Å²) in [5, 5.41) is 0. The Hall–Kier alpha value is -2.21. The van der Waals surface area contributed by atoms with Crippen molar-refractivity contribution in [2.24, 2.45) is 5.73 Å². The minimum absolute atomic E-state index is 0.345. The molecule has 0 heterocycles. The van der Waals surface area contributed by atoms with Crippen LogP contribution in [0.15, 0.2) is 40.9 Å². The molecule has 2 rings (SSSR count). The number of nitrogen functional groups attached to an aromatic ring is 1. The Morgan fingerprint density at radius 1 is 1.10 bits per heavy atom. The first-order valence-electron chi connectivity index (χ1n) is 5.72. The maximum atomic E-state index is 11.1. The molecule has 0 aliphatic carbocycles. The Balaban J connectivity index is 2.35. The highest BCUT2D eigenvalue weighted by Crippen LogP contribution is 2.35. The molecule has 20 heavy (non-hydrogen) atoms. The van der Waals surface area contributed by atoms with Gasteiger partial charge in [0.1, 0.15) is 0 Å². The van der Waals surface area contributed by atoms with Crippen LogP contribution in [0.1, 0.15) is 10.4 Å². The molecule has 5 nitrogen and oxygen atoms in total. The molecule has 104 valence electrons. The molecule has 4 N–H and O–H groups in total. The molecule has 1 amide bonds. The van der Waals surface area contributed by atoms with E-state index in [9.17, 15) is 4.79 Å². The van der Waals surface area contributed by atoms with Gasteiger partial charge in [-0.15, -0.1) is 0 Å². The van der Waals surface area contributed by atoms with Crippen LogP contribution in [-0.2, 0) is 0 Å². The van der Waals surface area contributed by atoms with Gasteiger partial charge in [0.2, 0.25) is 5.91 Å². The van der Waals surface area contributed by atoms with Crippen LogP contribution >= 0.6 is 15.9 Å². The molecular formula is C14H13BrN2O3. The molecule has 2 aromatic carbocycles. The van der Waals surface area contributed by atoms with Crippen molar-refractivity contribution in [2.45, 2.75) is 0 Å². The van der Waals surface area contributed by atoms with Gasteiger partial charge in [-0.3, -0.25) is 4.79 Å². The molecule has 0 aliphatic rings. The summed E-state index contributed by atoms with van der Waals surface area (Å²) < 4.78 is 11.7. The van der Waals surface area contributed by atoms with Crippen LogP contribution in [0.3, 0.4) is 0 Å². The SMILES string of the molecule is COc1cc(C(N)=O)ccc1Oc1ccc(Br)cc1N. The highest BCUT2D eigenvalue weighted by atomic mass is 79.9. The van der Waals surface area contributed by atoms with Gasteiger partial charge < -0.3 is 20.9 Å². The van der Waals surface area contributed by atoms with Crippen LogP contribution in [0.4, 0.5) is 5.69 Å². The van der Waals surface area contributed by atoms with E-state index in [4.69, 9.17) is 20.9 Å². The van der Waals surface area contributed by atoms with Crippen LogP contribution in [-0.4, -0.2) is 13.0 Å². The van der Waals surface area contributed by atoms with Crippen molar-refractivity contribution in [3.8, 4) is 17.2 Å². The fourth-order valence-corrected chi connectivity index (χ4v) is 2.01. The van der Waals surface area contributed by atoms with E-state index < -0.39 is 5.91 Å². The third-order valence-electron chi connectivity index (χ3n) is 2.64. The van der Waals surface area contributed by atoms with Crippen molar-refractivity contribution >= 4 is 27.5 Å². The fourth-order valence-electron chi connectivity index (χ4n) is 1.64. The maximum Gasteiger partial charge on any atom is 0.248 e. The molecule has 0 aliphatic heterocycles. The summed E-state index contributed by atoms with van der Waals surface area (Å²) in [6, 6.07) is 9.98. The van der Waals surface area contributed by atoms with Crippen molar-refractivity contribution < 1.29 is 14.3 Å². The van der Waals surface area contributed by atoms with Crippen molar-refractivity contribution in [2.75, 3.05) is 12.8 Å². The summed E-state index contributed by atoms with van der Waals surface area (Å²) in [6.07, 6.45) is 0. The normalized spacial score (nSPS) is 10.1. The number of rotatable bonds is 4. The number of carbonyl (C=O) groups is 1. The van der Waals surface area contributed by atoms with E-state index in [1.54, 1.807) is 24.3 Å². The number of hydrogen-bond acceptors (Lipinski definition) is 4. The average Bonchev–Trinajstić information content (AvgIpc) is 2.42. The number of hydrogen-bond donors (Lipinski definition) is 2. The predicted octanol–water partition coefficient (Wildman–Crippen LogP) is 2.93. The van der Waals surface area contributed by atoms with E-state index in [0.29, 0.717) is 28.5 Å². The molecule has 0 fully saturated rings. The number of nitrogens with two attached hydrogens (primary N) is 2. The van der Waals surface area contributed by atoms with Crippen LogP contribution < -0.4 is 20.9 Å². The Morgan fingerprint density at radius 3 is 2.40 bits per heavy atom. The van der Waals surface area contributed by atoms with Gasteiger partial charge in [-0.05, 0) is 36.4 Å². The van der Waals surface area contributed by atoms with Crippen molar-refractivity contribution in [3.63, 3.8) is 0 Å². The van der Waals surface area contributed by atoms with Crippen molar-refractivity contribution in [1.29, 1.82) is 0 Å². The molecule has 0 spiro atoms. The molecule has 6 heteroatoms. The summed E-state index contributed by atoms with van der Waals surface area (Å²) in [5.74, 6) is 0.825. The van der Waals surface area contributed by atoms with Gasteiger partial charge in [0.25, 0.3) is 0 Å². The Labute approximate surface area is 124 Å². The molecule has 0 bridgehead atoms. The Bertz CT molecular complexity index is 659. The number of anilines is 1. The summed E-state index contributed by atoms with van der Waals surface area (Å²) in [6.45, 7) is 0. The number of carbonyl (C=O) groups excluding carboxylic acids is 1. The lowest BCUT2D eigenvalue weighted by atomic mass is 10.2. The number of amides is 1. The quantitative estimate of drug-likeness (QED) is 0.840. The summed E-state index contributed by atoms with van der Waals surface area (Å²) in [7, 11) is 1.48. The van der Waals surface area contributed by atoms with E-state index in [1.807, 2.05) is 6.07 Å². The van der Waals surface area contributed by atoms with E-state index >= 15 is 0 Å². The number of primary amides is 1. The molecule has 0 saturated heterocycles. The first-order chi connectivity index (χ1) is 9.51. The summed E-state index contributed by atoms with van der Waals surface area (Å²) in [5.41, 5.74) is 11.9. The van der Waals surface area contributed by atoms with Gasteiger partial charge in [0.05, 0.1) is 12.8 Å². The minimum atomic E-state index is -0.530. The Kier molecular flexibility index (Phi) is 4.14. The summed E-state index contributed by atoms with van der Waals surface area (Å²) >= 11 is 3.32. The zero-order chi connectivity index (χ0) is 14.7. The predicted molar refractivity (Wildman–Crippen MR) is 80.1 cm³/mol. The summed E-state index contributed by atoms with van der Waals surface area (Å²) in [4.78, 5) is 11.1. The number of benzene rings is 2. The zero-order valence-electron chi connectivity index (χ0n) is 10.7. The second-order valence-corrected chi connectivity index (χ2v) is 4.93. The van der Waals surface area contributed by atoms with Crippen LogP contribution in [0.2, 0.25) is 0 Å². The number of ether oxygens (including phenoxy) is 2. The van der Waals surface area contributed by atoms with Crippen LogP contribution in [0.25, 0.3) is 0 Å². The monoisotopic (exact) mass is 336 g/mol. The molecule has 0 unspecified atom stereocenters. The first kappa shape index (κ1) is 14.2. The van der Waals surface area contributed by atoms with E-state index in [0.717, 1.165) is 4.47 Å². The zero-order valence-corrected chi connectivity index (χ0v) is 12.3. The molecule has 0 atom stereocenters. The highest BCUT2D eigenvalue weighted by Gasteiger charge is 2.11. The van der Waals surface area contributed by atoms with E-state index in [2.05, 4.69) is 15.9 Å². The van der Waals surface area contributed by atoms with E-state index in [-0.39, 0.29) is 0 Å². The smallest absolute Gasteiger partial charge is 0.248 e. The second-order valence-electron chi connectivity index (χ2n) is 4.01. The second kappa shape index (κ2) is 5.83. The maximum absolute atomic E-state index is 11.1. The average molecular weight is 337 g/mol. The van der Waals surface area contributed by atoms with Crippen molar-refractivity contribution in [3.05, 3.63) is 46.4 Å². The lowest BCUT2D eigenvalue weighted by Gasteiger charge is -2.12. The van der Waals surface area contributed by atoms with Gasteiger partial charge in [-0.2, -0.15) is 0 Å². The van der Waals surface area contributed by atoms with Gasteiger partial charge in [0, 0.05) is 10.0 Å². The standard InChI is InChI=1S/C14H13BrN2O3/c1-19-13-6-8(14(17)18)2-4-12(13)20-11-5-3-9(15)7-10(11)16/h2-7H,16H2,1H3,(H2,17,18). The van der Waals surface area contributed by atoms with Crippen LogP contribution in [0, 0.1) is 0 Å². The van der Waals surface area contributed by atoms with Gasteiger partial charge >= 0.3 is 0 Å². The molecule has 0 aromatic heterocycles. The number of halogens is 1. The lowest BCUT2D eigenvalue weighted by molar-refractivity contribution is 0.1000. The lowest BCUT2D eigenvalue weighted by Crippen LogP contribution is -2.10. The van der Waals surface area contributed by atoms with Crippen LogP contribution in [0.5, 0.6) is 17.2 Å².